The van der Waals surface area contributed by atoms with Crippen LogP contribution in [0.3, 0.4) is 0 Å². The fourth-order valence-electron chi connectivity index (χ4n) is 9.76. The van der Waals surface area contributed by atoms with Gasteiger partial charge in [-0.15, -0.1) is 0 Å². The first-order valence-electron chi connectivity index (χ1n) is 21.5. The minimum atomic E-state index is -0.746. The number of nitrogens with zero attached hydrogens (tertiary/aromatic N) is 3. The van der Waals surface area contributed by atoms with E-state index in [0.717, 1.165) is 86.5 Å². The molecule has 1 aliphatic carbocycles. The van der Waals surface area contributed by atoms with Crippen molar-refractivity contribution in [1.82, 2.24) is 25.5 Å². The number of aromatic amines is 1. The van der Waals surface area contributed by atoms with Gasteiger partial charge in [0.25, 0.3) is 0 Å². The number of nitrogens with one attached hydrogen (secondary N) is 3. The number of rotatable bonds is 12. The first-order chi connectivity index (χ1) is 29.4. The van der Waals surface area contributed by atoms with Gasteiger partial charge in [-0.05, 0) is 88.9 Å². The van der Waals surface area contributed by atoms with Gasteiger partial charge >= 0.3 is 12.2 Å². The van der Waals surface area contributed by atoms with E-state index in [2.05, 4.69) is 58.1 Å². The number of fused-ring (bicyclic) bond motifs is 6. The van der Waals surface area contributed by atoms with E-state index < -0.39 is 24.3 Å². The zero-order chi connectivity index (χ0) is 43.1. The SMILES string of the molecule is CCO[C@H]1C[C@@H](C2=Nc3ccc4cc5c(cc4c3C2)OCc2cc(-c3cnc([C@@H]4CCCC4C(=O)[C@@H](NC(=O)OC)C(C)C)[nH]3)ccc2-5)N(C(=O)[C@@H](NC(=O)OC)C(C)C)C1. The van der Waals surface area contributed by atoms with Crippen LogP contribution in [0, 0.1) is 17.8 Å². The number of carbonyl (C=O) groups excluding carboxylic acids is 4. The summed E-state index contributed by atoms with van der Waals surface area (Å²) >= 11 is 0. The Morgan fingerprint density at radius 2 is 1.69 bits per heavy atom. The normalized spacial score (nSPS) is 21.3. The van der Waals surface area contributed by atoms with Crippen molar-refractivity contribution in [3.8, 4) is 28.1 Å². The summed E-state index contributed by atoms with van der Waals surface area (Å²) in [6.45, 7) is 11.0. The van der Waals surface area contributed by atoms with Gasteiger partial charge in [0.15, 0.2) is 5.78 Å². The largest absolute Gasteiger partial charge is 0.488 e. The highest BCUT2D eigenvalue weighted by Crippen LogP contribution is 2.45. The van der Waals surface area contributed by atoms with Crippen LogP contribution in [0.5, 0.6) is 5.75 Å². The number of H-pyrrole nitrogens is 1. The predicted molar refractivity (Wildman–Crippen MR) is 231 cm³/mol. The molecule has 14 nitrogen and oxygen atoms in total. The maximum atomic E-state index is 14.1. The molecule has 3 aromatic carbocycles. The van der Waals surface area contributed by atoms with Crippen molar-refractivity contribution >= 4 is 46.0 Å². The number of benzene rings is 3. The van der Waals surface area contributed by atoms with Crippen LogP contribution < -0.4 is 15.4 Å². The predicted octanol–water partition coefficient (Wildman–Crippen LogP) is 7.64. The summed E-state index contributed by atoms with van der Waals surface area (Å²) in [7, 11) is 2.60. The Morgan fingerprint density at radius 3 is 2.41 bits per heavy atom. The zero-order valence-corrected chi connectivity index (χ0v) is 36.0. The Morgan fingerprint density at radius 1 is 0.934 bits per heavy atom. The van der Waals surface area contributed by atoms with Gasteiger partial charge in [0, 0.05) is 49.1 Å². The quantitative estimate of drug-likeness (QED) is 0.130. The van der Waals surface area contributed by atoms with E-state index in [-0.39, 0.29) is 47.5 Å². The molecule has 0 spiro atoms. The van der Waals surface area contributed by atoms with Crippen molar-refractivity contribution in [1.29, 1.82) is 0 Å². The van der Waals surface area contributed by atoms with Gasteiger partial charge in [-0.1, -0.05) is 52.3 Å². The highest BCUT2D eigenvalue weighted by atomic mass is 16.5. The minimum Gasteiger partial charge on any atom is -0.488 e. The summed E-state index contributed by atoms with van der Waals surface area (Å²) in [6, 6.07) is 13.2. The van der Waals surface area contributed by atoms with Crippen LogP contribution in [0.2, 0.25) is 0 Å². The third-order valence-corrected chi connectivity index (χ3v) is 12.9. The highest BCUT2D eigenvalue weighted by Gasteiger charge is 2.44. The van der Waals surface area contributed by atoms with Crippen LogP contribution in [0.1, 0.15) is 83.2 Å². The maximum absolute atomic E-state index is 14.1. The lowest BCUT2D eigenvalue weighted by Crippen LogP contribution is -2.54. The van der Waals surface area contributed by atoms with E-state index in [1.54, 1.807) is 0 Å². The Labute approximate surface area is 356 Å². The summed E-state index contributed by atoms with van der Waals surface area (Å²) in [6.07, 6.45) is 4.16. The Balaban J connectivity index is 1.01. The monoisotopic (exact) mass is 832 g/mol. The van der Waals surface area contributed by atoms with Crippen LogP contribution in [-0.4, -0.2) is 96.1 Å². The number of aromatic nitrogens is 2. The van der Waals surface area contributed by atoms with Gasteiger partial charge in [0.05, 0.1) is 50.0 Å². The molecule has 4 aromatic rings. The molecule has 61 heavy (non-hydrogen) atoms. The van der Waals surface area contributed by atoms with E-state index in [4.69, 9.17) is 28.9 Å². The van der Waals surface area contributed by atoms with Crippen molar-refractivity contribution < 1.29 is 38.1 Å². The number of amides is 3. The molecule has 3 N–H and O–H groups in total. The first kappa shape index (κ1) is 42.0. The maximum Gasteiger partial charge on any atom is 0.407 e. The summed E-state index contributed by atoms with van der Waals surface area (Å²) in [4.78, 5) is 67.3. The molecule has 2 fully saturated rings. The second-order valence-electron chi connectivity index (χ2n) is 17.3. The molecule has 1 saturated carbocycles. The second-order valence-corrected chi connectivity index (χ2v) is 17.3. The number of likely N-dealkylation sites (tertiary alicyclic amines) is 1. The van der Waals surface area contributed by atoms with Crippen LogP contribution in [0.4, 0.5) is 15.3 Å². The topological polar surface area (TPSA) is 174 Å². The van der Waals surface area contributed by atoms with Gasteiger partial charge in [-0.2, -0.15) is 0 Å². The number of ketones is 1. The number of alkyl carbamates (subject to hydrolysis) is 2. The number of ether oxygens (including phenoxy) is 4. The molecule has 4 aliphatic rings. The molecule has 0 radical (unpaired) electrons. The lowest BCUT2D eigenvalue weighted by molar-refractivity contribution is -0.134. The Hall–Kier alpha value is -5.76. The fourth-order valence-corrected chi connectivity index (χ4v) is 9.76. The molecular formula is C47H56N6O8. The van der Waals surface area contributed by atoms with Crippen molar-refractivity contribution in [3.05, 3.63) is 65.6 Å². The van der Waals surface area contributed by atoms with Crippen LogP contribution in [0.15, 0.2) is 53.7 Å². The summed E-state index contributed by atoms with van der Waals surface area (Å²) < 4.78 is 22.1. The minimum absolute atomic E-state index is 0.0186. The van der Waals surface area contributed by atoms with E-state index in [1.165, 1.54) is 14.2 Å². The van der Waals surface area contributed by atoms with Crippen molar-refractivity contribution in [3.63, 3.8) is 0 Å². The smallest absolute Gasteiger partial charge is 0.407 e. The van der Waals surface area contributed by atoms with Gasteiger partial charge < -0.3 is 39.5 Å². The molecule has 322 valence electrons. The number of hydrogen-bond acceptors (Lipinski definition) is 10. The molecule has 1 unspecified atom stereocenters. The van der Waals surface area contributed by atoms with Crippen molar-refractivity contribution in [2.24, 2.45) is 22.7 Å². The molecular weight excluding hydrogens is 777 g/mol. The summed E-state index contributed by atoms with van der Waals surface area (Å²) in [5.74, 6) is 0.895. The first-order valence-corrected chi connectivity index (χ1v) is 21.5. The standard InChI is InChI=1S/C47H56N6O8/c1-8-60-29-18-39(53(22-29)45(55)42(25(4)5)52-47(57)59-7)37-19-34-33-20-40-35(17-26(33)13-15-36(34)49-37)30-14-12-27(16-28(30)23-61-40)38-21-48-44(50-38)32-11-9-10-31(32)43(54)41(24(2)3)51-46(56)58-6/h12-17,20-21,24-25,29,31-32,39,41-42H,8-11,18-19,22-23H2,1-7H3,(H,48,50)(H,51,56)(H,52,57)/t29-,31?,32+,39-,41-,42-/m0/s1. The molecule has 1 saturated heterocycles. The van der Waals surface area contributed by atoms with E-state index in [0.29, 0.717) is 32.6 Å². The average molecular weight is 833 g/mol. The molecule has 8 rings (SSSR count). The zero-order valence-electron chi connectivity index (χ0n) is 36.0. The molecule has 14 heteroatoms. The number of carbonyl (C=O) groups is 4. The van der Waals surface area contributed by atoms with Gasteiger partial charge in [0.1, 0.15) is 24.2 Å². The Kier molecular flexibility index (Phi) is 11.9. The third-order valence-electron chi connectivity index (χ3n) is 12.9. The average Bonchev–Trinajstić information content (AvgIpc) is 4.09. The lowest BCUT2D eigenvalue weighted by Gasteiger charge is -2.30. The van der Waals surface area contributed by atoms with Crippen molar-refractivity contribution in [2.75, 3.05) is 27.4 Å². The number of methoxy groups -OCH3 is 2. The van der Waals surface area contributed by atoms with Crippen LogP contribution >= 0.6 is 0 Å². The summed E-state index contributed by atoms with van der Waals surface area (Å²) in [5.41, 5.74) is 7.92. The number of aliphatic imine (C=N–C) groups is 1. The molecule has 6 atom stereocenters. The molecule has 3 amide bonds. The second kappa shape index (κ2) is 17.3. The number of imidazole rings is 1. The Bertz CT molecular complexity index is 2390. The number of Topliss-reactive ketones (excluding diaryl/α,β-unsaturated/α-hetero) is 1. The van der Waals surface area contributed by atoms with Gasteiger partial charge in [-0.3, -0.25) is 14.6 Å². The van der Waals surface area contributed by atoms with Crippen molar-refractivity contribution in [2.45, 2.75) is 103 Å². The van der Waals surface area contributed by atoms with E-state index in [9.17, 15) is 19.2 Å². The number of hydrogen-bond donors (Lipinski definition) is 3. The fraction of sp³-hybridized carbons (Fsp3) is 0.489. The molecule has 0 bridgehead atoms. The van der Waals surface area contributed by atoms with Crippen LogP contribution in [0.25, 0.3) is 33.2 Å². The molecule has 4 heterocycles. The van der Waals surface area contributed by atoms with Gasteiger partial charge in [-0.25, -0.2) is 14.6 Å². The molecule has 1 aromatic heterocycles. The van der Waals surface area contributed by atoms with Gasteiger partial charge in [0.2, 0.25) is 5.91 Å². The molecule has 3 aliphatic heterocycles. The lowest BCUT2D eigenvalue weighted by atomic mass is 9.84. The van der Waals surface area contributed by atoms with E-state index >= 15 is 0 Å². The highest BCUT2D eigenvalue weighted by molar-refractivity contribution is 6.06. The van der Waals surface area contributed by atoms with E-state index in [1.807, 2.05) is 45.7 Å². The third kappa shape index (κ3) is 8.09. The summed E-state index contributed by atoms with van der Waals surface area (Å²) in [5, 5.41) is 7.63. The van der Waals surface area contributed by atoms with Crippen LogP contribution in [-0.2, 0) is 36.8 Å².